The Hall–Kier alpha value is -3.40. The van der Waals surface area contributed by atoms with Crippen LogP contribution in [0.4, 0.5) is 5.69 Å². The fraction of sp³-hybridized carbons (Fsp3) is 0.318. The molecule has 1 heterocycles. The van der Waals surface area contributed by atoms with Crippen LogP contribution in [0.2, 0.25) is 0 Å². The van der Waals surface area contributed by atoms with Gasteiger partial charge in [-0.1, -0.05) is 35.0 Å². The number of ether oxygens (including phenoxy) is 1. The number of benzene rings is 2. The zero-order chi connectivity index (χ0) is 23.1. The molecule has 0 aliphatic carbocycles. The molecule has 0 spiro atoms. The first-order valence-electron chi connectivity index (χ1n) is 10.0. The summed E-state index contributed by atoms with van der Waals surface area (Å²) in [6.07, 6.45) is 1.64. The fourth-order valence-electron chi connectivity index (χ4n) is 3.03. The van der Waals surface area contributed by atoms with E-state index in [0.29, 0.717) is 29.6 Å². The minimum Gasteiger partial charge on any atom is -0.497 e. The Kier molecular flexibility index (Phi) is 7.47. The highest BCUT2D eigenvalue weighted by molar-refractivity contribution is 7.92. The van der Waals surface area contributed by atoms with E-state index in [1.54, 1.807) is 31.4 Å². The number of nitrogens with zero attached hydrogens (tertiary/aromatic N) is 3. The summed E-state index contributed by atoms with van der Waals surface area (Å²) in [4.78, 5) is 16.5. The van der Waals surface area contributed by atoms with E-state index in [-0.39, 0.29) is 25.4 Å². The minimum atomic E-state index is -3.49. The molecule has 0 unspecified atom stereocenters. The predicted molar refractivity (Wildman–Crippen MR) is 121 cm³/mol. The second-order valence-electron chi connectivity index (χ2n) is 7.29. The molecule has 170 valence electrons. The van der Waals surface area contributed by atoms with Crippen LogP contribution in [-0.2, 0) is 21.4 Å². The van der Waals surface area contributed by atoms with E-state index in [1.165, 1.54) is 4.31 Å². The van der Waals surface area contributed by atoms with E-state index >= 15 is 0 Å². The van der Waals surface area contributed by atoms with Gasteiger partial charge in [0.1, 0.15) is 5.75 Å². The Morgan fingerprint density at radius 1 is 1.12 bits per heavy atom. The molecule has 0 aliphatic heterocycles. The summed E-state index contributed by atoms with van der Waals surface area (Å²) in [5.74, 6) is 1.15. The van der Waals surface area contributed by atoms with Crippen LogP contribution in [0.25, 0.3) is 11.4 Å². The molecular formula is C22H26N4O5S. The zero-order valence-corrected chi connectivity index (χ0v) is 19.1. The molecule has 1 N–H and O–H groups in total. The highest BCUT2D eigenvalue weighted by Gasteiger charge is 2.18. The SMILES string of the molecule is COc1ccc(N(CCCC(=O)NCc2nc(-c3ccc(C)cc3)no2)S(C)(=O)=O)cc1. The third-order valence-electron chi connectivity index (χ3n) is 4.74. The lowest BCUT2D eigenvalue weighted by molar-refractivity contribution is -0.121. The van der Waals surface area contributed by atoms with Crippen molar-refractivity contribution in [1.82, 2.24) is 15.5 Å². The number of hydrogen-bond donors (Lipinski definition) is 1. The van der Waals surface area contributed by atoms with E-state index in [9.17, 15) is 13.2 Å². The first-order valence-corrected chi connectivity index (χ1v) is 11.9. The van der Waals surface area contributed by atoms with Gasteiger partial charge >= 0.3 is 0 Å². The number of anilines is 1. The van der Waals surface area contributed by atoms with Crippen LogP contribution in [0.1, 0.15) is 24.3 Å². The number of carbonyl (C=O) groups is 1. The molecule has 10 heteroatoms. The van der Waals surface area contributed by atoms with Crippen LogP contribution in [0.5, 0.6) is 5.75 Å². The average Bonchev–Trinajstić information content (AvgIpc) is 3.24. The summed E-state index contributed by atoms with van der Waals surface area (Å²) >= 11 is 0. The van der Waals surface area contributed by atoms with Crippen LogP contribution in [0.15, 0.2) is 53.1 Å². The van der Waals surface area contributed by atoms with Gasteiger partial charge in [-0.2, -0.15) is 4.98 Å². The van der Waals surface area contributed by atoms with E-state index in [2.05, 4.69) is 15.5 Å². The molecule has 32 heavy (non-hydrogen) atoms. The van der Waals surface area contributed by atoms with Gasteiger partial charge in [-0.25, -0.2) is 8.42 Å². The second-order valence-corrected chi connectivity index (χ2v) is 9.20. The number of carbonyl (C=O) groups excluding carboxylic acids is 1. The Bertz CT molecular complexity index is 1140. The first kappa shape index (κ1) is 23.3. The lowest BCUT2D eigenvalue weighted by Crippen LogP contribution is -2.32. The third kappa shape index (κ3) is 6.30. The van der Waals surface area contributed by atoms with Crippen molar-refractivity contribution in [2.75, 3.05) is 24.2 Å². The molecule has 3 rings (SSSR count). The maximum Gasteiger partial charge on any atom is 0.246 e. The number of rotatable bonds is 10. The zero-order valence-electron chi connectivity index (χ0n) is 18.2. The van der Waals surface area contributed by atoms with Crippen molar-refractivity contribution in [3.05, 3.63) is 60.0 Å². The molecule has 0 fully saturated rings. The maximum atomic E-state index is 12.2. The standard InChI is InChI=1S/C22H26N4O5S/c1-16-6-8-17(9-7-16)22-24-21(31-25-22)15-23-20(27)5-4-14-26(32(3,28)29)18-10-12-19(30-2)13-11-18/h6-13H,4-5,14-15H2,1-3H3,(H,23,27). The monoisotopic (exact) mass is 458 g/mol. The van der Waals surface area contributed by atoms with Crippen molar-refractivity contribution >= 4 is 21.6 Å². The van der Waals surface area contributed by atoms with Crippen LogP contribution < -0.4 is 14.4 Å². The normalized spacial score (nSPS) is 11.2. The van der Waals surface area contributed by atoms with E-state index in [4.69, 9.17) is 9.26 Å². The summed E-state index contributed by atoms with van der Waals surface area (Å²) in [5, 5.41) is 6.65. The molecule has 1 amide bonds. The van der Waals surface area contributed by atoms with E-state index in [0.717, 1.165) is 17.4 Å². The van der Waals surface area contributed by atoms with Gasteiger partial charge in [-0.15, -0.1) is 0 Å². The summed E-state index contributed by atoms with van der Waals surface area (Å²) in [6, 6.07) is 14.4. The van der Waals surface area contributed by atoms with Gasteiger partial charge < -0.3 is 14.6 Å². The molecule has 1 aromatic heterocycles. The Labute approximate surface area is 187 Å². The van der Waals surface area contributed by atoms with Crippen LogP contribution in [0, 0.1) is 6.92 Å². The van der Waals surface area contributed by atoms with E-state index in [1.807, 2.05) is 31.2 Å². The van der Waals surface area contributed by atoms with Crippen molar-refractivity contribution < 1.29 is 22.5 Å². The van der Waals surface area contributed by atoms with Crippen molar-refractivity contribution in [3.8, 4) is 17.1 Å². The fourth-order valence-corrected chi connectivity index (χ4v) is 3.99. The minimum absolute atomic E-state index is 0.103. The van der Waals surface area contributed by atoms with Crippen LogP contribution >= 0.6 is 0 Å². The number of nitrogens with one attached hydrogen (secondary N) is 1. The third-order valence-corrected chi connectivity index (χ3v) is 5.93. The smallest absolute Gasteiger partial charge is 0.246 e. The molecule has 9 nitrogen and oxygen atoms in total. The summed E-state index contributed by atoms with van der Waals surface area (Å²) in [5.41, 5.74) is 2.48. The van der Waals surface area contributed by atoms with Crippen molar-refractivity contribution in [3.63, 3.8) is 0 Å². The topological polar surface area (TPSA) is 115 Å². The van der Waals surface area contributed by atoms with Crippen molar-refractivity contribution in [1.29, 1.82) is 0 Å². The lowest BCUT2D eigenvalue weighted by Gasteiger charge is -2.22. The Morgan fingerprint density at radius 2 is 1.81 bits per heavy atom. The van der Waals surface area contributed by atoms with Crippen LogP contribution in [0.3, 0.4) is 0 Å². The quantitative estimate of drug-likeness (QED) is 0.497. The van der Waals surface area contributed by atoms with Gasteiger partial charge in [0.2, 0.25) is 27.6 Å². The molecule has 0 saturated carbocycles. The molecule has 0 aliphatic rings. The van der Waals surface area contributed by atoms with Gasteiger partial charge in [0.15, 0.2) is 0 Å². The maximum absolute atomic E-state index is 12.2. The summed E-state index contributed by atoms with van der Waals surface area (Å²) in [7, 11) is -1.95. The lowest BCUT2D eigenvalue weighted by atomic mass is 10.1. The number of methoxy groups -OCH3 is 1. The number of amides is 1. The molecular weight excluding hydrogens is 432 g/mol. The molecule has 0 bridgehead atoms. The molecule has 3 aromatic rings. The molecule has 0 saturated heterocycles. The van der Waals surface area contributed by atoms with Crippen molar-refractivity contribution in [2.24, 2.45) is 0 Å². The van der Waals surface area contributed by atoms with Gasteiger partial charge in [-0.3, -0.25) is 9.10 Å². The number of aromatic nitrogens is 2. The number of aryl methyl sites for hydroxylation is 1. The Morgan fingerprint density at radius 3 is 2.44 bits per heavy atom. The number of hydrogen-bond acceptors (Lipinski definition) is 7. The van der Waals surface area contributed by atoms with Crippen LogP contribution in [-0.4, -0.2) is 44.4 Å². The van der Waals surface area contributed by atoms with Gasteiger partial charge in [-0.05, 0) is 37.6 Å². The van der Waals surface area contributed by atoms with Gasteiger partial charge in [0.25, 0.3) is 0 Å². The van der Waals surface area contributed by atoms with E-state index < -0.39 is 10.0 Å². The number of sulfonamides is 1. The largest absolute Gasteiger partial charge is 0.497 e. The highest BCUT2D eigenvalue weighted by atomic mass is 32.2. The summed E-state index contributed by atoms with van der Waals surface area (Å²) in [6.45, 7) is 2.27. The van der Waals surface area contributed by atoms with Gasteiger partial charge in [0.05, 0.1) is 25.6 Å². The summed E-state index contributed by atoms with van der Waals surface area (Å²) < 4.78 is 35.9. The Balaban J connectivity index is 1.50. The molecule has 2 aromatic carbocycles. The second kappa shape index (κ2) is 10.3. The predicted octanol–water partition coefficient (Wildman–Crippen LogP) is 2.92. The molecule has 0 atom stereocenters. The van der Waals surface area contributed by atoms with Gasteiger partial charge in [0, 0.05) is 18.5 Å². The highest BCUT2D eigenvalue weighted by Crippen LogP contribution is 2.22. The first-order chi connectivity index (χ1) is 15.3. The van der Waals surface area contributed by atoms with Crippen molar-refractivity contribution in [2.45, 2.75) is 26.3 Å². The molecule has 0 radical (unpaired) electrons. The average molecular weight is 459 g/mol.